The molecule has 1 rings (SSSR count). The average Bonchev–Trinajstić information content (AvgIpc) is 2.08. The fraction of sp³-hybridized carbons (Fsp3) is 1.00. The van der Waals surface area contributed by atoms with Crippen molar-refractivity contribution in [3.8, 4) is 0 Å². The molecule has 5 atom stereocenters. The number of hydrogen-bond acceptors (Lipinski definition) is 6. The predicted molar refractivity (Wildman–Crippen MR) is 38.0 cm³/mol. The van der Waals surface area contributed by atoms with Crippen molar-refractivity contribution in [1.82, 2.24) is 0 Å². The van der Waals surface area contributed by atoms with Crippen LogP contribution in [0, 0.1) is 0 Å². The molecular weight excluding hydrogens is 166 g/mol. The molecule has 6 nitrogen and oxygen atoms in total. The summed E-state index contributed by atoms with van der Waals surface area (Å²) in [5.74, 6) is 0. The summed E-state index contributed by atoms with van der Waals surface area (Å²) in [6.07, 6.45) is -6.48. The highest BCUT2D eigenvalue weighted by molar-refractivity contribution is 4.88. The number of ether oxygens (including phenoxy) is 1. The van der Waals surface area contributed by atoms with Crippen LogP contribution >= 0.6 is 0 Å². The van der Waals surface area contributed by atoms with Gasteiger partial charge in [-0.15, -0.1) is 0 Å². The molecule has 3 unspecified atom stereocenters. The molecule has 0 aromatic rings. The second kappa shape index (κ2) is 3.65. The standard InChI is InChI=1S/C6H13NO5/c7-1-2-3(8)4(9)5(10)6(11)12-2/h2-6,8-11H,1,7H2/t2?,3-,4+,5?,6?/m1/s1. The second-order valence-electron chi connectivity index (χ2n) is 2.77. The quantitative estimate of drug-likeness (QED) is 0.288. The van der Waals surface area contributed by atoms with E-state index in [9.17, 15) is 5.11 Å². The third kappa shape index (κ3) is 1.58. The highest BCUT2D eigenvalue weighted by Crippen LogP contribution is 2.18. The van der Waals surface area contributed by atoms with Gasteiger partial charge in [-0.25, -0.2) is 0 Å². The molecule has 6 heteroatoms. The van der Waals surface area contributed by atoms with Crippen LogP contribution < -0.4 is 5.73 Å². The van der Waals surface area contributed by atoms with Gasteiger partial charge < -0.3 is 30.9 Å². The Balaban J connectivity index is 2.63. The van der Waals surface area contributed by atoms with Gasteiger partial charge in [0.2, 0.25) is 0 Å². The summed E-state index contributed by atoms with van der Waals surface area (Å²) in [6, 6.07) is 0. The molecule has 0 aromatic heterocycles. The number of hydrogen-bond donors (Lipinski definition) is 5. The van der Waals surface area contributed by atoms with Gasteiger partial charge in [0.25, 0.3) is 0 Å². The lowest BCUT2D eigenvalue weighted by Crippen LogP contribution is -2.59. The molecular formula is C6H13NO5. The van der Waals surface area contributed by atoms with Crippen LogP contribution in [0.1, 0.15) is 0 Å². The highest BCUT2D eigenvalue weighted by Gasteiger charge is 2.42. The van der Waals surface area contributed by atoms with E-state index in [1.54, 1.807) is 0 Å². The molecule has 0 saturated carbocycles. The maximum Gasteiger partial charge on any atom is 0.184 e. The van der Waals surface area contributed by atoms with Gasteiger partial charge in [0.05, 0.1) is 0 Å². The predicted octanol–water partition coefficient (Wildman–Crippen LogP) is -3.25. The van der Waals surface area contributed by atoms with E-state index in [2.05, 4.69) is 0 Å². The van der Waals surface area contributed by atoms with Crippen LogP contribution in [0.2, 0.25) is 0 Å². The molecule has 0 spiro atoms. The summed E-state index contributed by atoms with van der Waals surface area (Å²) in [5, 5.41) is 36.3. The van der Waals surface area contributed by atoms with Crippen LogP contribution in [0.15, 0.2) is 0 Å². The summed E-state index contributed by atoms with van der Waals surface area (Å²) < 4.78 is 4.70. The molecule has 1 saturated heterocycles. The van der Waals surface area contributed by atoms with E-state index in [0.29, 0.717) is 0 Å². The minimum Gasteiger partial charge on any atom is -0.388 e. The van der Waals surface area contributed by atoms with E-state index in [4.69, 9.17) is 25.8 Å². The first-order chi connectivity index (χ1) is 5.57. The molecule has 1 aliphatic heterocycles. The number of nitrogens with two attached hydrogens (primary N) is 1. The molecule has 1 aliphatic rings. The van der Waals surface area contributed by atoms with Crippen molar-refractivity contribution >= 4 is 0 Å². The van der Waals surface area contributed by atoms with Gasteiger partial charge in [0, 0.05) is 6.54 Å². The zero-order chi connectivity index (χ0) is 9.30. The van der Waals surface area contributed by atoms with Gasteiger partial charge in [-0.1, -0.05) is 0 Å². The smallest absolute Gasteiger partial charge is 0.184 e. The van der Waals surface area contributed by atoms with E-state index in [1.165, 1.54) is 0 Å². The van der Waals surface area contributed by atoms with Gasteiger partial charge in [0.1, 0.15) is 24.4 Å². The van der Waals surface area contributed by atoms with Crippen molar-refractivity contribution in [2.75, 3.05) is 6.54 Å². The summed E-state index contributed by atoms with van der Waals surface area (Å²) in [6.45, 7) is -0.0258. The van der Waals surface area contributed by atoms with Crippen molar-refractivity contribution < 1.29 is 25.2 Å². The zero-order valence-electron chi connectivity index (χ0n) is 6.37. The Morgan fingerprint density at radius 3 is 2.08 bits per heavy atom. The van der Waals surface area contributed by atoms with E-state index in [1.807, 2.05) is 0 Å². The van der Waals surface area contributed by atoms with Gasteiger partial charge in [-0.2, -0.15) is 0 Å². The number of aliphatic hydroxyl groups excluding tert-OH is 4. The summed E-state index contributed by atoms with van der Waals surface area (Å²) in [7, 11) is 0. The molecule has 0 aromatic carbocycles. The van der Waals surface area contributed by atoms with E-state index in [-0.39, 0.29) is 6.54 Å². The Labute approximate surface area is 69.2 Å². The Morgan fingerprint density at radius 1 is 1.00 bits per heavy atom. The fourth-order valence-corrected chi connectivity index (χ4v) is 1.13. The molecule has 0 aliphatic carbocycles. The first kappa shape index (κ1) is 9.85. The highest BCUT2D eigenvalue weighted by atomic mass is 16.6. The Kier molecular flexibility index (Phi) is 2.99. The molecule has 72 valence electrons. The first-order valence-corrected chi connectivity index (χ1v) is 3.65. The lowest BCUT2D eigenvalue weighted by Gasteiger charge is -2.37. The van der Waals surface area contributed by atoms with Crippen LogP contribution in [0.4, 0.5) is 0 Å². The van der Waals surface area contributed by atoms with Crippen LogP contribution in [0.25, 0.3) is 0 Å². The maximum absolute atomic E-state index is 9.20. The third-order valence-electron chi connectivity index (χ3n) is 1.92. The van der Waals surface area contributed by atoms with Gasteiger partial charge in [0.15, 0.2) is 6.29 Å². The van der Waals surface area contributed by atoms with Crippen LogP contribution in [0.3, 0.4) is 0 Å². The molecule has 0 bridgehead atoms. The van der Waals surface area contributed by atoms with Gasteiger partial charge in [-0.05, 0) is 0 Å². The zero-order valence-corrected chi connectivity index (χ0v) is 6.37. The fourth-order valence-electron chi connectivity index (χ4n) is 1.13. The Hall–Kier alpha value is -0.240. The van der Waals surface area contributed by atoms with E-state index in [0.717, 1.165) is 0 Å². The van der Waals surface area contributed by atoms with Crippen LogP contribution in [0.5, 0.6) is 0 Å². The van der Waals surface area contributed by atoms with Crippen molar-refractivity contribution in [2.45, 2.75) is 30.7 Å². The first-order valence-electron chi connectivity index (χ1n) is 3.65. The molecule has 0 amide bonds. The molecule has 1 heterocycles. The van der Waals surface area contributed by atoms with Crippen molar-refractivity contribution in [1.29, 1.82) is 0 Å². The lowest BCUT2D eigenvalue weighted by atomic mass is 9.99. The van der Waals surface area contributed by atoms with Crippen LogP contribution in [-0.2, 0) is 4.74 Å². The van der Waals surface area contributed by atoms with E-state index >= 15 is 0 Å². The van der Waals surface area contributed by atoms with Gasteiger partial charge in [-0.3, -0.25) is 0 Å². The average molecular weight is 179 g/mol. The normalized spacial score (nSPS) is 49.2. The monoisotopic (exact) mass is 179 g/mol. The molecule has 6 N–H and O–H groups in total. The van der Waals surface area contributed by atoms with Crippen LogP contribution in [-0.4, -0.2) is 57.7 Å². The number of rotatable bonds is 1. The summed E-state index contributed by atoms with van der Waals surface area (Å²) in [5.41, 5.74) is 5.17. The molecule has 12 heavy (non-hydrogen) atoms. The van der Waals surface area contributed by atoms with Crippen molar-refractivity contribution in [2.24, 2.45) is 5.73 Å². The Morgan fingerprint density at radius 2 is 1.58 bits per heavy atom. The number of aliphatic hydroxyl groups is 4. The Bertz CT molecular complexity index is 150. The maximum atomic E-state index is 9.20. The topological polar surface area (TPSA) is 116 Å². The minimum absolute atomic E-state index is 0.0258. The van der Waals surface area contributed by atoms with E-state index < -0.39 is 30.7 Å². The second-order valence-corrected chi connectivity index (χ2v) is 2.77. The van der Waals surface area contributed by atoms with Crippen molar-refractivity contribution in [3.05, 3.63) is 0 Å². The molecule has 0 radical (unpaired) electrons. The lowest BCUT2D eigenvalue weighted by molar-refractivity contribution is -0.279. The minimum atomic E-state index is -1.49. The van der Waals surface area contributed by atoms with Gasteiger partial charge >= 0.3 is 0 Å². The SMILES string of the molecule is NCC1OC(O)C(O)[C@@H](O)[C@@H]1O. The third-order valence-corrected chi connectivity index (χ3v) is 1.92. The summed E-state index contributed by atoms with van der Waals surface area (Å²) >= 11 is 0. The largest absolute Gasteiger partial charge is 0.388 e. The van der Waals surface area contributed by atoms with Crippen molar-refractivity contribution in [3.63, 3.8) is 0 Å². The molecule has 1 fully saturated rings. The summed E-state index contributed by atoms with van der Waals surface area (Å²) in [4.78, 5) is 0.